The van der Waals surface area contributed by atoms with Gasteiger partial charge in [-0.1, -0.05) is 24.3 Å². The normalized spacial score (nSPS) is 18.0. The van der Waals surface area contributed by atoms with Gasteiger partial charge in [-0.15, -0.1) is 0 Å². The van der Waals surface area contributed by atoms with Gasteiger partial charge in [-0.05, 0) is 28.8 Å². The minimum absolute atomic E-state index is 0.0992. The van der Waals surface area contributed by atoms with Crippen molar-refractivity contribution < 1.29 is 0 Å². The van der Waals surface area contributed by atoms with E-state index in [9.17, 15) is 0 Å². The number of aromatic nitrogens is 1. The number of nitrogens with one attached hydrogen (secondary N) is 1. The molecule has 0 atom stereocenters. The number of hydrogen-bond donors (Lipinski definition) is 1. The van der Waals surface area contributed by atoms with E-state index in [0.29, 0.717) is 0 Å². The molecule has 1 aliphatic carbocycles. The zero-order chi connectivity index (χ0) is 10.5. The molecule has 0 saturated heterocycles. The van der Waals surface area contributed by atoms with Gasteiger partial charge in [0.15, 0.2) is 0 Å². The van der Waals surface area contributed by atoms with Crippen LogP contribution < -0.4 is 0 Å². The lowest BCUT2D eigenvalue weighted by Crippen LogP contribution is -2.16. The van der Waals surface area contributed by atoms with Gasteiger partial charge >= 0.3 is 0 Å². The maximum atomic E-state index is 3.70. The van der Waals surface area contributed by atoms with Crippen molar-refractivity contribution in [2.75, 3.05) is 0 Å². The molecular weight excluding hydrogens is 214 g/mol. The van der Waals surface area contributed by atoms with Crippen LogP contribution in [0.4, 0.5) is 0 Å². The third kappa shape index (κ3) is 1.43. The molecule has 1 N–H and O–H groups in total. The number of aromatic amines is 1. The maximum Gasteiger partial charge on any atom is 0.0461 e. The molecule has 0 fully saturated rings. The Balaban J connectivity index is 2.29. The lowest BCUT2D eigenvalue weighted by atomic mass is 10.00. The highest BCUT2D eigenvalue weighted by Gasteiger charge is 2.23. The molecule has 6 radical (unpaired) electrons. The number of rotatable bonds is 0. The van der Waals surface area contributed by atoms with Crippen molar-refractivity contribution in [3.8, 4) is 0 Å². The van der Waals surface area contributed by atoms with E-state index in [-0.39, 0.29) is 4.66 Å². The van der Waals surface area contributed by atoms with Crippen LogP contribution in [0.2, 0.25) is 4.66 Å². The summed E-state index contributed by atoms with van der Waals surface area (Å²) in [5, 5.41) is 1.32. The molecule has 3 rings (SSSR count). The summed E-state index contributed by atoms with van der Waals surface area (Å²) in [6, 6.07) is 8.42. The summed E-state index contributed by atoms with van der Waals surface area (Å²) in [7, 11) is 7.40. The largest absolute Gasteiger partial charge is 0.355 e. The molecule has 3 heteroatoms. The highest BCUT2D eigenvalue weighted by molar-refractivity contribution is 6.42. The van der Waals surface area contributed by atoms with Crippen molar-refractivity contribution in [3.05, 3.63) is 41.6 Å². The quantitative estimate of drug-likeness (QED) is 0.659. The smallest absolute Gasteiger partial charge is 0.0461 e. The van der Waals surface area contributed by atoms with Gasteiger partial charge in [0.1, 0.15) is 0 Å². The summed E-state index contributed by atoms with van der Waals surface area (Å²) < 4.78 is -0.0992. The molecule has 1 nitrogen and oxygen atoms in total. The van der Waals surface area contributed by atoms with Gasteiger partial charge in [-0.2, -0.15) is 0 Å². The van der Waals surface area contributed by atoms with Gasteiger partial charge in [-0.3, -0.25) is 0 Å². The van der Waals surface area contributed by atoms with E-state index in [2.05, 4.69) is 61.9 Å². The van der Waals surface area contributed by atoms with E-state index < -0.39 is 0 Å². The first kappa shape index (κ1) is 9.18. The highest BCUT2D eigenvalue weighted by atomic mass is 28.2. The molecule has 0 bridgehead atoms. The van der Waals surface area contributed by atoms with Gasteiger partial charge in [0.25, 0.3) is 0 Å². The second-order valence-corrected chi connectivity index (χ2v) is 6.33. The van der Waals surface area contributed by atoms with Crippen molar-refractivity contribution in [3.63, 3.8) is 0 Å². The van der Waals surface area contributed by atoms with Crippen molar-refractivity contribution in [2.24, 2.45) is 0 Å². The molecule has 0 spiro atoms. The monoisotopic (exact) mass is 223 g/mol. The molecule has 0 amide bonds. The first-order valence-corrected chi connectivity index (χ1v) is 5.95. The van der Waals surface area contributed by atoms with Crippen molar-refractivity contribution >= 4 is 37.5 Å². The van der Waals surface area contributed by atoms with E-state index >= 15 is 0 Å². The lowest BCUT2D eigenvalue weighted by Gasteiger charge is -2.23. The third-order valence-corrected chi connectivity index (χ3v) is 3.52. The fourth-order valence-electron chi connectivity index (χ4n) is 2.12. The molecule has 0 unspecified atom stereocenters. The first-order valence-electron chi connectivity index (χ1n) is 4.95. The Morgan fingerprint density at radius 2 is 2.00 bits per heavy atom. The van der Waals surface area contributed by atoms with Gasteiger partial charge in [0.05, 0.1) is 0 Å². The van der Waals surface area contributed by atoms with Crippen molar-refractivity contribution in [1.82, 2.24) is 4.98 Å². The zero-order valence-corrected chi connectivity index (χ0v) is 10.2. The summed E-state index contributed by atoms with van der Waals surface area (Å²) in [6.45, 7) is 0. The summed E-state index contributed by atoms with van der Waals surface area (Å²) in [5.74, 6) is 0. The van der Waals surface area contributed by atoms with E-state index in [4.69, 9.17) is 0 Å². The van der Waals surface area contributed by atoms with E-state index in [1.807, 2.05) is 0 Å². The molecule has 0 aliphatic heterocycles. The second-order valence-electron chi connectivity index (χ2n) is 4.04. The van der Waals surface area contributed by atoms with Crippen LogP contribution in [0.5, 0.6) is 0 Å². The molecule has 1 aromatic heterocycles. The number of H-pyrrole nitrogens is 1. The van der Waals surface area contributed by atoms with Crippen LogP contribution >= 0.6 is 0 Å². The maximum absolute atomic E-state index is 3.70. The molecule has 1 aromatic carbocycles. The summed E-state index contributed by atoms with van der Waals surface area (Å²) in [5.41, 5.74) is 3.81. The molecule has 2 aromatic rings. The molecular formula is C12H9NSi2. The van der Waals surface area contributed by atoms with Gasteiger partial charge in [-0.25, -0.2) is 0 Å². The minimum atomic E-state index is -0.0992. The number of hydrogen-bond acceptors (Lipinski definition) is 0. The van der Waals surface area contributed by atoms with E-state index in [0.717, 1.165) is 6.42 Å². The summed E-state index contributed by atoms with van der Waals surface area (Å²) in [6.07, 6.45) is 5.20. The number of fused-ring (bicyclic) bond motifs is 3. The Labute approximate surface area is 95.4 Å². The number of benzene rings is 1. The van der Waals surface area contributed by atoms with Gasteiger partial charge in [0, 0.05) is 37.1 Å². The van der Waals surface area contributed by atoms with Crippen LogP contribution in [0.25, 0.3) is 17.0 Å². The van der Waals surface area contributed by atoms with Gasteiger partial charge < -0.3 is 4.98 Å². The van der Waals surface area contributed by atoms with Crippen LogP contribution in [-0.4, -0.2) is 25.5 Å². The van der Waals surface area contributed by atoms with E-state index in [1.54, 1.807) is 0 Å². The van der Waals surface area contributed by atoms with Crippen molar-refractivity contribution in [2.45, 2.75) is 11.1 Å². The fourth-order valence-corrected chi connectivity index (χ4v) is 2.64. The van der Waals surface area contributed by atoms with Crippen LogP contribution in [0, 0.1) is 0 Å². The van der Waals surface area contributed by atoms with Crippen LogP contribution in [0.3, 0.4) is 0 Å². The minimum Gasteiger partial charge on any atom is -0.355 e. The zero-order valence-electron chi connectivity index (χ0n) is 8.17. The lowest BCUT2D eigenvalue weighted by molar-refractivity contribution is 0.909. The predicted octanol–water partition coefficient (Wildman–Crippen LogP) is 2.19. The molecule has 1 heterocycles. The molecule has 15 heavy (non-hydrogen) atoms. The van der Waals surface area contributed by atoms with E-state index in [1.165, 1.54) is 22.2 Å². The van der Waals surface area contributed by atoms with Crippen LogP contribution in [-0.2, 0) is 6.42 Å². The average Bonchev–Trinajstić information content (AvgIpc) is 2.55. The average molecular weight is 223 g/mol. The summed E-state index contributed by atoms with van der Waals surface area (Å²) in [4.78, 5) is 3.42. The van der Waals surface area contributed by atoms with Crippen LogP contribution in [0.1, 0.15) is 11.3 Å². The molecule has 0 saturated carbocycles. The topological polar surface area (TPSA) is 15.8 Å². The fraction of sp³-hybridized carbons (Fsp3) is 0.167. The Morgan fingerprint density at radius 1 is 1.20 bits per heavy atom. The Morgan fingerprint density at radius 3 is 2.87 bits per heavy atom. The predicted molar refractivity (Wildman–Crippen MR) is 65.2 cm³/mol. The second kappa shape index (κ2) is 2.96. The highest BCUT2D eigenvalue weighted by Crippen LogP contribution is 2.36. The summed E-state index contributed by atoms with van der Waals surface area (Å²) >= 11 is 0. The standard InChI is InChI=1S/C12H9NSi2/c14-12(15)6-5-11-9(7-12)8-3-1-2-4-10(8)13-11/h1-6,13H,7H2. The number of allylic oxidation sites excluding steroid dienone is 1. The van der Waals surface area contributed by atoms with Gasteiger partial charge in [0.2, 0.25) is 0 Å². The third-order valence-electron chi connectivity index (χ3n) is 2.84. The SMILES string of the molecule is [Si]C1([Si])C=Cc2[nH]c3ccccc3c2C1. The van der Waals surface area contributed by atoms with Crippen molar-refractivity contribution in [1.29, 1.82) is 0 Å². The van der Waals surface area contributed by atoms with Crippen LogP contribution in [0.15, 0.2) is 30.3 Å². The Kier molecular flexibility index (Phi) is 1.81. The Bertz CT molecular complexity index is 552. The number of para-hydroxylation sites is 1. The first-order chi connectivity index (χ1) is 7.16. The Hall–Kier alpha value is -1.07. The molecule has 70 valence electrons. The molecule has 1 aliphatic rings.